The highest BCUT2D eigenvalue weighted by Crippen LogP contribution is 2.37. The van der Waals surface area contributed by atoms with Crippen molar-refractivity contribution >= 4 is 10.9 Å². The standard InChI is InChI=1S/C25H23NO/c1-25(2,19-12-8-5-9-13-19)24-17-21(18-10-6-4-7-11-18)22-16-20(27-3)14-15-23(22)26-24/h4-17H,1-3H3. The van der Waals surface area contributed by atoms with Crippen molar-refractivity contribution in [2.24, 2.45) is 0 Å². The summed E-state index contributed by atoms with van der Waals surface area (Å²) >= 11 is 0. The lowest BCUT2D eigenvalue weighted by Crippen LogP contribution is -2.20. The van der Waals surface area contributed by atoms with E-state index in [0.717, 1.165) is 22.3 Å². The molecule has 0 N–H and O–H groups in total. The van der Waals surface area contributed by atoms with Crippen molar-refractivity contribution in [3.63, 3.8) is 0 Å². The number of pyridine rings is 1. The van der Waals surface area contributed by atoms with Crippen LogP contribution in [0.3, 0.4) is 0 Å². The lowest BCUT2D eigenvalue weighted by Gasteiger charge is -2.26. The predicted octanol–water partition coefficient (Wildman–Crippen LogP) is 6.24. The third-order valence-electron chi connectivity index (χ3n) is 5.24. The summed E-state index contributed by atoms with van der Waals surface area (Å²) in [5, 5.41) is 1.10. The Labute approximate surface area is 160 Å². The highest BCUT2D eigenvalue weighted by Gasteiger charge is 2.26. The van der Waals surface area contributed by atoms with Gasteiger partial charge in [-0.25, -0.2) is 0 Å². The van der Waals surface area contributed by atoms with Crippen molar-refractivity contribution in [3.8, 4) is 16.9 Å². The van der Waals surface area contributed by atoms with E-state index in [0.29, 0.717) is 0 Å². The first-order valence-electron chi connectivity index (χ1n) is 9.20. The van der Waals surface area contributed by atoms with Gasteiger partial charge in [0.2, 0.25) is 0 Å². The molecule has 27 heavy (non-hydrogen) atoms. The van der Waals surface area contributed by atoms with Crippen LogP contribution in [0.1, 0.15) is 25.1 Å². The summed E-state index contributed by atoms with van der Waals surface area (Å²) in [5.74, 6) is 0.844. The maximum Gasteiger partial charge on any atom is 0.119 e. The lowest BCUT2D eigenvalue weighted by atomic mass is 9.80. The van der Waals surface area contributed by atoms with Crippen LogP contribution < -0.4 is 4.74 Å². The van der Waals surface area contributed by atoms with E-state index in [-0.39, 0.29) is 5.41 Å². The zero-order valence-corrected chi connectivity index (χ0v) is 15.9. The Morgan fingerprint density at radius 2 is 1.44 bits per heavy atom. The normalized spacial score (nSPS) is 11.5. The van der Waals surface area contributed by atoms with E-state index in [1.807, 2.05) is 18.2 Å². The molecule has 0 radical (unpaired) electrons. The van der Waals surface area contributed by atoms with Crippen molar-refractivity contribution in [1.29, 1.82) is 0 Å². The van der Waals surface area contributed by atoms with Crippen molar-refractivity contribution in [3.05, 3.63) is 96.2 Å². The van der Waals surface area contributed by atoms with Gasteiger partial charge in [-0.05, 0) is 41.0 Å². The minimum Gasteiger partial charge on any atom is -0.497 e. The molecule has 0 amide bonds. The van der Waals surface area contributed by atoms with Gasteiger partial charge in [-0.15, -0.1) is 0 Å². The van der Waals surface area contributed by atoms with Crippen LogP contribution in [0.15, 0.2) is 84.9 Å². The van der Waals surface area contributed by atoms with Crippen molar-refractivity contribution < 1.29 is 4.74 Å². The number of methoxy groups -OCH3 is 1. The van der Waals surface area contributed by atoms with Crippen molar-refractivity contribution in [2.45, 2.75) is 19.3 Å². The van der Waals surface area contributed by atoms with E-state index in [1.54, 1.807) is 7.11 Å². The van der Waals surface area contributed by atoms with Crippen molar-refractivity contribution in [2.75, 3.05) is 7.11 Å². The Balaban J connectivity index is 1.99. The molecule has 0 bridgehead atoms. The van der Waals surface area contributed by atoms with Crippen molar-refractivity contribution in [1.82, 2.24) is 4.98 Å². The maximum absolute atomic E-state index is 5.45. The molecule has 3 aromatic carbocycles. The number of hydrogen-bond donors (Lipinski definition) is 0. The van der Waals surface area contributed by atoms with E-state index in [1.165, 1.54) is 16.7 Å². The molecule has 0 atom stereocenters. The van der Waals surface area contributed by atoms with Gasteiger partial charge in [0, 0.05) is 10.8 Å². The molecule has 0 aliphatic carbocycles. The van der Waals surface area contributed by atoms with Crippen LogP contribution in [0.25, 0.3) is 22.0 Å². The molecule has 0 saturated carbocycles. The van der Waals surface area contributed by atoms with E-state index in [2.05, 4.69) is 80.6 Å². The summed E-state index contributed by atoms with van der Waals surface area (Å²) in [5.41, 5.74) is 5.46. The molecule has 0 aliphatic heterocycles. The van der Waals surface area contributed by atoms with Crippen LogP contribution in [0.4, 0.5) is 0 Å². The van der Waals surface area contributed by atoms with Gasteiger partial charge in [-0.2, -0.15) is 0 Å². The van der Waals surface area contributed by atoms with Gasteiger partial charge in [-0.1, -0.05) is 74.5 Å². The molecule has 0 saturated heterocycles. The van der Waals surface area contributed by atoms with Crippen LogP contribution >= 0.6 is 0 Å². The molecular weight excluding hydrogens is 330 g/mol. The van der Waals surface area contributed by atoms with Gasteiger partial charge >= 0.3 is 0 Å². The number of fused-ring (bicyclic) bond motifs is 1. The first-order chi connectivity index (χ1) is 13.1. The van der Waals surface area contributed by atoms with E-state index >= 15 is 0 Å². The summed E-state index contributed by atoms with van der Waals surface area (Å²) < 4.78 is 5.45. The Kier molecular flexibility index (Phi) is 4.41. The van der Waals surface area contributed by atoms with E-state index < -0.39 is 0 Å². The first-order valence-corrected chi connectivity index (χ1v) is 9.20. The highest BCUT2D eigenvalue weighted by atomic mass is 16.5. The quantitative estimate of drug-likeness (QED) is 0.433. The highest BCUT2D eigenvalue weighted by molar-refractivity contribution is 5.95. The third-order valence-corrected chi connectivity index (χ3v) is 5.24. The molecule has 2 heteroatoms. The Morgan fingerprint density at radius 1 is 0.778 bits per heavy atom. The summed E-state index contributed by atoms with van der Waals surface area (Å²) in [6.45, 7) is 4.46. The summed E-state index contributed by atoms with van der Waals surface area (Å²) in [6, 6.07) is 29.4. The molecule has 0 fully saturated rings. The first kappa shape index (κ1) is 17.3. The molecule has 0 aliphatic rings. The van der Waals surface area contributed by atoms with E-state index in [9.17, 15) is 0 Å². The number of hydrogen-bond acceptors (Lipinski definition) is 2. The average Bonchev–Trinajstić information content (AvgIpc) is 2.73. The second-order valence-electron chi connectivity index (χ2n) is 7.30. The molecule has 0 spiro atoms. The number of rotatable bonds is 4. The summed E-state index contributed by atoms with van der Waals surface area (Å²) in [7, 11) is 1.70. The minimum atomic E-state index is -0.196. The number of benzene rings is 3. The van der Waals surface area contributed by atoms with Gasteiger partial charge in [-0.3, -0.25) is 4.98 Å². The van der Waals surface area contributed by atoms with Gasteiger partial charge in [0.15, 0.2) is 0 Å². The Hall–Kier alpha value is -3.13. The molecule has 4 aromatic rings. The molecule has 1 heterocycles. The molecule has 134 valence electrons. The monoisotopic (exact) mass is 353 g/mol. The van der Waals surface area contributed by atoms with Crippen LogP contribution in [-0.2, 0) is 5.41 Å². The van der Waals surface area contributed by atoms with E-state index in [4.69, 9.17) is 9.72 Å². The second-order valence-corrected chi connectivity index (χ2v) is 7.30. The topological polar surface area (TPSA) is 22.1 Å². The SMILES string of the molecule is COc1ccc2nc(C(C)(C)c3ccccc3)cc(-c3ccccc3)c2c1. The van der Waals surface area contributed by atoms with Crippen LogP contribution in [0.5, 0.6) is 5.75 Å². The van der Waals surface area contributed by atoms with Gasteiger partial charge in [0.25, 0.3) is 0 Å². The summed E-state index contributed by atoms with van der Waals surface area (Å²) in [4.78, 5) is 5.03. The number of ether oxygens (including phenoxy) is 1. The number of aromatic nitrogens is 1. The fourth-order valence-electron chi connectivity index (χ4n) is 3.51. The minimum absolute atomic E-state index is 0.196. The van der Waals surface area contributed by atoms with Crippen LogP contribution in [0, 0.1) is 0 Å². The predicted molar refractivity (Wildman–Crippen MR) is 112 cm³/mol. The second kappa shape index (κ2) is 6.88. The lowest BCUT2D eigenvalue weighted by molar-refractivity contribution is 0.415. The smallest absolute Gasteiger partial charge is 0.119 e. The molecule has 2 nitrogen and oxygen atoms in total. The van der Waals surface area contributed by atoms with Crippen LogP contribution in [-0.4, -0.2) is 12.1 Å². The molecule has 1 aromatic heterocycles. The third kappa shape index (κ3) is 3.19. The summed E-state index contributed by atoms with van der Waals surface area (Å²) in [6.07, 6.45) is 0. The zero-order chi connectivity index (χ0) is 18.9. The molecular formula is C25H23NO. The van der Waals surface area contributed by atoms with Gasteiger partial charge < -0.3 is 4.74 Å². The van der Waals surface area contributed by atoms with Gasteiger partial charge in [0.05, 0.1) is 18.3 Å². The molecule has 4 rings (SSSR count). The number of nitrogens with zero attached hydrogens (tertiary/aromatic N) is 1. The van der Waals surface area contributed by atoms with Gasteiger partial charge in [0.1, 0.15) is 5.75 Å². The fourth-order valence-corrected chi connectivity index (χ4v) is 3.51. The Morgan fingerprint density at radius 3 is 2.11 bits per heavy atom. The Bertz CT molecular complexity index is 1070. The molecule has 0 unspecified atom stereocenters. The average molecular weight is 353 g/mol. The zero-order valence-electron chi connectivity index (χ0n) is 15.9. The maximum atomic E-state index is 5.45. The fraction of sp³-hybridized carbons (Fsp3) is 0.160. The van der Waals surface area contributed by atoms with Crippen LogP contribution in [0.2, 0.25) is 0 Å². The largest absolute Gasteiger partial charge is 0.497 e.